The van der Waals surface area contributed by atoms with Gasteiger partial charge in [-0.3, -0.25) is 38.0 Å². The molecule has 4 N–H and O–H groups in total. The van der Waals surface area contributed by atoms with Gasteiger partial charge in [0.1, 0.15) is 12.4 Å². The summed E-state index contributed by atoms with van der Waals surface area (Å²) in [7, 11) is -9.78. The third-order valence-corrected chi connectivity index (χ3v) is 23.7. The molecule has 1 unspecified atom stereocenters. The number of alkyl halides is 1. The summed E-state index contributed by atoms with van der Waals surface area (Å²) >= 11 is 0. The SMILES string of the molecule is CC(C)C(=O)Nc1nc2c(ncn2C2O[C@H](COS(=O)(=O)N[C@H]3[C@@H](F)[C@H](n4cnc5c(NC(=O)c6ccccc6)ncnc54)O[C@@H]3CO[Si](C)(C)C(C)(C)C)[C@@H](C)[C@H]2O[Si](C)(C)C(C)(C)C)c(=O)[nH]1. The summed E-state index contributed by atoms with van der Waals surface area (Å²) in [6.45, 7) is 25.1. The molecule has 0 bridgehead atoms. The first-order valence-corrected chi connectivity index (χ1v) is 30.1. The van der Waals surface area contributed by atoms with Crippen LogP contribution in [0.15, 0.2) is 54.1 Å². The van der Waals surface area contributed by atoms with E-state index in [1.807, 2.05) is 40.8 Å². The number of benzene rings is 1. The molecule has 25 heteroatoms. The highest BCUT2D eigenvalue weighted by atomic mass is 32.2. The quantitative estimate of drug-likeness (QED) is 0.0802. The van der Waals surface area contributed by atoms with Gasteiger partial charge in [-0.05, 0) is 48.4 Å². The van der Waals surface area contributed by atoms with Gasteiger partial charge >= 0.3 is 10.3 Å². The minimum atomic E-state index is -4.76. The van der Waals surface area contributed by atoms with Gasteiger partial charge in [0, 0.05) is 17.4 Å². The molecule has 1 aromatic carbocycles. The van der Waals surface area contributed by atoms with Gasteiger partial charge < -0.3 is 23.6 Å². The van der Waals surface area contributed by atoms with Gasteiger partial charge in [-0.2, -0.15) is 18.1 Å². The van der Waals surface area contributed by atoms with Crippen molar-refractivity contribution in [3.63, 3.8) is 0 Å². The molecule has 0 radical (unpaired) electrons. The number of aromatic nitrogens is 8. The van der Waals surface area contributed by atoms with Crippen molar-refractivity contribution in [2.45, 2.75) is 142 Å². The minimum Gasteiger partial charge on any atom is -0.414 e. The highest BCUT2D eigenvalue weighted by Crippen LogP contribution is 2.45. The zero-order chi connectivity index (χ0) is 50.6. The Labute approximate surface area is 402 Å². The summed E-state index contributed by atoms with van der Waals surface area (Å²) < 4.78 is 82.5. The highest BCUT2D eigenvalue weighted by molar-refractivity contribution is 7.84. The van der Waals surface area contributed by atoms with Crippen LogP contribution in [-0.4, -0.2) is 120 Å². The van der Waals surface area contributed by atoms with E-state index >= 15 is 4.39 Å². The molecule has 0 saturated carbocycles. The normalized spacial score (nSPS) is 23.9. The molecule has 4 aromatic heterocycles. The van der Waals surface area contributed by atoms with Crippen LogP contribution in [0.3, 0.4) is 0 Å². The summed E-state index contributed by atoms with van der Waals surface area (Å²) in [5.74, 6) is -1.71. The molecule has 2 amide bonds. The lowest BCUT2D eigenvalue weighted by molar-refractivity contribution is -0.118. The lowest BCUT2D eigenvalue weighted by Crippen LogP contribution is -2.50. The van der Waals surface area contributed by atoms with E-state index in [0.29, 0.717) is 5.56 Å². The Hall–Kier alpha value is -4.87. The van der Waals surface area contributed by atoms with Crippen LogP contribution in [-0.2, 0) is 37.6 Å². The predicted molar refractivity (Wildman–Crippen MR) is 260 cm³/mol. The Balaban J connectivity index is 1.15. The fourth-order valence-corrected chi connectivity index (χ4v) is 10.7. The molecule has 7 rings (SSSR count). The van der Waals surface area contributed by atoms with E-state index in [-0.39, 0.29) is 56.7 Å². The van der Waals surface area contributed by atoms with Gasteiger partial charge in [-0.25, -0.2) is 24.3 Å². The number of carbonyl (C=O) groups is 2. The molecular formula is C44H64FN11O10SSi2. The molecule has 376 valence electrons. The van der Waals surface area contributed by atoms with Gasteiger partial charge in [0.05, 0.1) is 44.1 Å². The fourth-order valence-electron chi connectivity index (χ4n) is 7.37. The molecule has 8 atom stereocenters. The number of hydrogen-bond acceptors (Lipinski definition) is 15. The number of imidazole rings is 2. The number of rotatable bonds is 16. The smallest absolute Gasteiger partial charge is 0.336 e. The topological polar surface area (TPSA) is 258 Å². The standard InChI is InChI=1S/C44H64FN11O10SSi2/c1-24(2)37(57)52-42-51-36-32(39(59)53-42)49-23-56(36)41-33(66-69(12,13)44(7,8)9)25(3)27(64-41)19-62-67(60,61)54-30-28(20-63-68(10,11)43(4,5)6)65-40(29(30)45)55-22-48-31-34(46-21-47-35(31)55)50-38(58)26-17-15-14-16-18-26/h14-18,21-25,27-30,33,40-41,54H,19-20H2,1-13H3,(H,46,47,50,58)(H2,51,52,53,57,59)/t25-,27-,28-,29-,30-,33-,40-,41?/m1/s1. The van der Waals surface area contributed by atoms with Crippen LogP contribution in [0.25, 0.3) is 22.3 Å². The van der Waals surface area contributed by atoms with Crippen LogP contribution in [0.5, 0.6) is 0 Å². The van der Waals surface area contributed by atoms with Crippen molar-refractivity contribution >= 4 is 72.8 Å². The number of fused-ring (bicyclic) bond motifs is 2. The van der Waals surface area contributed by atoms with E-state index in [1.54, 1.807) is 44.2 Å². The van der Waals surface area contributed by atoms with Crippen LogP contribution in [0.2, 0.25) is 36.3 Å². The first-order valence-electron chi connectivity index (χ1n) is 22.8. The van der Waals surface area contributed by atoms with Gasteiger partial charge in [0.25, 0.3) is 11.5 Å². The van der Waals surface area contributed by atoms with Crippen molar-refractivity contribution in [3.05, 3.63) is 65.2 Å². The molecule has 21 nitrogen and oxygen atoms in total. The van der Waals surface area contributed by atoms with Crippen LogP contribution in [0.1, 0.15) is 85.1 Å². The summed E-state index contributed by atoms with van der Waals surface area (Å²) in [6.07, 6.45) is -3.33. The van der Waals surface area contributed by atoms with Crippen molar-refractivity contribution in [3.8, 4) is 0 Å². The Morgan fingerprint density at radius 3 is 2.12 bits per heavy atom. The van der Waals surface area contributed by atoms with Crippen molar-refractivity contribution in [1.29, 1.82) is 0 Å². The van der Waals surface area contributed by atoms with Crippen LogP contribution < -0.4 is 20.9 Å². The zero-order valence-electron chi connectivity index (χ0n) is 41.2. The van der Waals surface area contributed by atoms with Gasteiger partial charge in [-0.1, -0.05) is 80.5 Å². The molecular weight excluding hydrogens is 950 g/mol. The van der Waals surface area contributed by atoms with E-state index in [1.165, 1.54) is 28.1 Å². The summed E-state index contributed by atoms with van der Waals surface area (Å²) in [4.78, 5) is 63.1. The molecule has 2 fully saturated rings. The van der Waals surface area contributed by atoms with E-state index in [4.69, 9.17) is 22.5 Å². The molecule has 6 heterocycles. The summed E-state index contributed by atoms with van der Waals surface area (Å²) in [5.41, 5.74) is 0.170. The highest BCUT2D eigenvalue weighted by Gasteiger charge is 2.52. The van der Waals surface area contributed by atoms with Crippen molar-refractivity contribution < 1.29 is 44.9 Å². The number of anilines is 2. The first-order chi connectivity index (χ1) is 32.1. The maximum Gasteiger partial charge on any atom is 0.336 e. The number of amides is 2. The first kappa shape index (κ1) is 52.0. The second kappa shape index (κ2) is 19.4. The van der Waals surface area contributed by atoms with Crippen molar-refractivity contribution in [2.24, 2.45) is 11.8 Å². The predicted octanol–water partition coefficient (Wildman–Crippen LogP) is 6.21. The lowest BCUT2D eigenvalue weighted by Gasteiger charge is -2.40. The third-order valence-electron chi connectivity index (χ3n) is 13.7. The third kappa shape index (κ3) is 10.9. The van der Waals surface area contributed by atoms with Crippen LogP contribution in [0, 0.1) is 11.8 Å². The van der Waals surface area contributed by atoms with Crippen molar-refractivity contribution in [1.82, 2.24) is 43.8 Å². The van der Waals surface area contributed by atoms with Crippen LogP contribution >= 0.6 is 0 Å². The van der Waals surface area contributed by atoms with Gasteiger partial charge in [0.2, 0.25) is 11.9 Å². The Morgan fingerprint density at radius 2 is 1.48 bits per heavy atom. The largest absolute Gasteiger partial charge is 0.414 e. The lowest BCUT2D eigenvalue weighted by atomic mass is 10.0. The second-order valence-electron chi connectivity index (χ2n) is 21.0. The maximum absolute atomic E-state index is 17.1. The average Bonchev–Trinajstić information content (AvgIpc) is 4.03. The molecule has 0 spiro atoms. The van der Waals surface area contributed by atoms with E-state index in [0.717, 1.165) is 0 Å². The number of hydrogen-bond donors (Lipinski definition) is 4. The molecule has 5 aromatic rings. The fraction of sp³-hybridized carbons (Fsp3) is 0.591. The number of halogens is 1. The Bertz CT molecular complexity index is 2850. The number of aromatic amines is 1. The van der Waals surface area contributed by atoms with E-state index in [2.05, 4.69) is 79.1 Å². The monoisotopic (exact) mass is 1010 g/mol. The minimum absolute atomic E-state index is 0.0114. The summed E-state index contributed by atoms with van der Waals surface area (Å²) in [6, 6.07) is 6.99. The number of ether oxygens (including phenoxy) is 2. The number of nitrogens with one attached hydrogen (secondary N) is 4. The summed E-state index contributed by atoms with van der Waals surface area (Å²) in [5, 5.41) is 4.88. The molecule has 2 aliphatic rings. The Morgan fingerprint density at radius 1 is 0.855 bits per heavy atom. The Kier molecular flexibility index (Phi) is 14.6. The molecule has 69 heavy (non-hydrogen) atoms. The molecule has 2 aliphatic heterocycles. The number of H-pyrrole nitrogens is 1. The zero-order valence-corrected chi connectivity index (χ0v) is 44.0. The molecule has 2 saturated heterocycles. The van der Waals surface area contributed by atoms with Crippen LogP contribution in [0.4, 0.5) is 16.2 Å². The van der Waals surface area contributed by atoms with Gasteiger partial charge in [0.15, 0.2) is 63.4 Å². The maximum atomic E-state index is 17.1. The average molecular weight is 1010 g/mol. The number of carbonyl (C=O) groups excluding carboxylic acids is 2. The second-order valence-corrected chi connectivity index (χ2v) is 31.9. The van der Waals surface area contributed by atoms with Crippen molar-refractivity contribution in [2.75, 3.05) is 23.8 Å². The number of nitrogens with zero attached hydrogens (tertiary/aromatic N) is 7. The van der Waals surface area contributed by atoms with E-state index < -0.39 is 99.8 Å². The van der Waals surface area contributed by atoms with Gasteiger partial charge in [-0.15, -0.1) is 0 Å². The van der Waals surface area contributed by atoms with E-state index in [9.17, 15) is 22.8 Å². The molecule has 0 aliphatic carbocycles.